The van der Waals surface area contributed by atoms with Crippen molar-refractivity contribution < 1.29 is 9.53 Å². The molecule has 0 spiro atoms. The van der Waals surface area contributed by atoms with E-state index in [1.807, 2.05) is 18.4 Å². The fourth-order valence-corrected chi connectivity index (χ4v) is 3.01. The molecule has 1 saturated heterocycles. The summed E-state index contributed by atoms with van der Waals surface area (Å²) in [6, 6.07) is 3.54. The molecule has 2 amide bonds. The Labute approximate surface area is 126 Å². The van der Waals surface area contributed by atoms with Gasteiger partial charge in [-0.2, -0.15) is 11.3 Å². The second-order valence-corrected chi connectivity index (χ2v) is 5.70. The molecule has 1 aliphatic rings. The van der Waals surface area contributed by atoms with Crippen LogP contribution in [0.25, 0.3) is 0 Å². The molecule has 0 aliphatic carbocycles. The van der Waals surface area contributed by atoms with Crippen LogP contribution in [0, 0.1) is 0 Å². The molecule has 3 heterocycles. The van der Waals surface area contributed by atoms with Crippen molar-refractivity contribution in [2.45, 2.75) is 19.1 Å². The van der Waals surface area contributed by atoms with Crippen LogP contribution in [-0.4, -0.2) is 40.1 Å². The average Bonchev–Trinajstić information content (AvgIpc) is 3.02. The van der Waals surface area contributed by atoms with Gasteiger partial charge in [-0.15, -0.1) is 0 Å². The lowest BCUT2D eigenvalue weighted by atomic mass is 10.1. The smallest absolute Gasteiger partial charge is 0.323 e. The molecule has 21 heavy (non-hydrogen) atoms. The van der Waals surface area contributed by atoms with E-state index in [1.54, 1.807) is 28.5 Å². The summed E-state index contributed by atoms with van der Waals surface area (Å²) in [4.78, 5) is 21.9. The number of morpholine rings is 1. The summed E-state index contributed by atoms with van der Waals surface area (Å²) in [5, 5.41) is 6.86. The summed E-state index contributed by atoms with van der Waals surface area (Å²) < 4.78 is 5.92. The van der Waals surface area contributed by atoms with Gasteiger partial charge in [0.1, 0.15) is 18.2 Å². The van der Waals surface area contributed by atoms with Crippen molar-refractivity contribution in [3.63, 3.8) is 0 Å². The molecule has 3 rings (SSSR count). The Bertz CT molecular complexity index is 590. The number of thiophene rings is 1. The Morgan fingerprint density at radius 1 is 1.48 bits per heavy atom. The molecule has 1 aliphatic heterocycles. The van der Waals surface area contributed by atoms with Gasteiger partial charge in [0, 0.05) is 12.7 Å². The molecule has 0 radical (unpaired) electrons. The summed E-state index contributed by atoms with van der Waals surface area (Å²) >= 11 is 1.63. The number of aromatic nitrogens is 2. The lowest BCUT2D eigenvalue weighted by molar-refractivity contribution is -0.0641. The molecular weight excluding hydrogens is 288 g/mol. The van der Waals surface area contributed by atoms with Gasteiger partial charge in [-0.3, -0.25) is 5.32 Å². The van der Waals surface area contributed by atoms with Crippen LogP contribution >= 0.6 is 11.3 Å². The van der Waals surface area contributed by atoms with Gasteiger partial charge in [-0.05, 0) is 35.4 Å². The monoisotopic (exact) mass is 304 g/mol. The van der Waals surface area contributed by atoms with E-state index >= 15 is 0 Å². The van der Waals surface area contributed by atoms with Gasteiger partial charge in [-0.25, -0.2) is 14.8 Å². The molecule has 2 atom stereocenters. The van der Waals surface area contributed by atoms with Crippen molar-refractivity contribution in [3.05, 3.63) is 41.0 Å². The Morgan fingerprint density at radius 3 is 3.10 bits per heavy atom. The molecule has 2 aromatic heterocycles. The summed E-state index contributed by atoms with van der Waals surface area (Å²) in [6.45, 7) is 3.08. The van der Waals surface area contributed by atoms with Gasteiger partial charge in [-0.1, -0.05) is 0 Å². The topological polar surface area (TPSA) is 67.4 Å². The van der Waals surface area contributed by atoms with E-state index in [0.29, 0.717) is 18.9 Å². The van der Waals surface area contributed by atoms with Crippen LogP contribution in [0.1, 0.15) is 18.6 Å². The average molecular weight is 304 g/mol. The number of hydrogen-bond acceptors (Lipinski definition) is 5. The van der Waals surface area contributed by atoms with Gasteiger partial charge >= 0.3 is 6.03 Å². The van der Waals surface area contributed by atoms with Crippen molar-refractivity contribution >= 4 is 23.2 Å². The first-order chi connectivity index (χ1) is 10.2. The van der Waals surface area contributed by atoms with Crippen molar-refractivity contribution in [2.24, 2.45) is 0 Å². The third-order valence-electron chi connectivity index (χ3n) is 3.28. The van der Waals surface area contributed by atoms with Crippen molar-refractivity contribution in [1.82, 2.24) is 14.9 Å². The Balaban J connectivity index is 1.68. The first-order valence-corrected chi connectivity index (χ1v) is 7.66. The number of rotatable bonds is 2. The number of amides is 2. The number of ether oxygens (including phenoxy) is 1. The van der Waals surface area contributed by atoms with Gasteiger partial charge in [0.2, 0.25) is 0 Å². The summed E-state index contributed by atoms with van der Waals surface area (Å²) in [7, 11) is 0. The summed E-state index contributed by atoms with van der Waals surface area (Å²) in [5.41, 5.74) is 1.12. The van der Waals surface area contributed by atoms with E-state index in [9.17, 15) is 4.79 Å². The fourth-order valence-electron chi connectivity index (χ4n) is 2.31. The van der Waals surface area contributed by atoms with Crippen LogP contribution in [-0.2, 0) is 4.74 Å². The Hall–Kier alpha value is -1.99. The number of nitrogens with one attached hydrogen (secondary N) is 1. The van der Waals surface area contributed by atoms with Crippen LogP contribution in [0.4, 0.5) is 10.6 Å². The second kappa shape index (κ2) is 6.19. The quantitative estimate of drug-likeness (QED) is 0.926. The van der Waals surface area contributed by atoms with Gasteiger partial charge in [0.15, 0.2) is 0 Å². The number of hydrogen-bond donors (Lipinski definition) is 1. The zero-order chi connectivity index (χ0) is 14.7. The van der Waals surface area contributed by atoms with Gasteiger partial charge in [0.25, 0.3) is 0 Å². The first kappa shape index (κ1) is 14.0. The lowest BCUT2D eigenvalue weighted by Gasteiger charge is -2.36. The minimum atomic E-state index is -0.163. The van der Waals surface area contributed by atoms with E-state index in [0.717, 1.165) is 5.56 Å². The molecule has 7 heteroatoms. The minimum Gasteiger partial charge on any atom is -0.367 e. The van der Waals surface area contributed by atoms with E-state index < -0.39 is 0 Å². The van der Waals surface area contributed by atoms with Crippen LogP contribution < -0.4 is 5.32 Å². The van der Waals surface area contributed by atoms with Crippen molar-refractivity contribution in [1.29, 1.82) is 0 Å². The lowest BCUT2D eigenvalue weighted by Crippen LogP contribution is -2.47. The highest BCUT2D eigenvalue weighted by atomic mass is 32.1. The molecule has 110 valence electrons. The van der Waals surface area contributed by atoms with Crippen molar-refractivity contribution in [2.75, 3.05) is 18.4 Å². The molecule has 0 aromatic carbocycles. The predicted molar refractivity (Wildman–Crippen MR) is 80.2 cm³/mol. The van der Waals surface area contributed by atoms with Gasteiger partial charge in [0.05, 0.1) is 12.6 Å². The normalized spacial score (nSPS) is 22.0. The highest BCUT2D eigenvalue weighted by molar-refractivity contribution is 7.07. The maximum atomic E-state index is 12.3. The van der Waals surface area contributed by atoms with Crippen LogP contribution in [0.2, 0.25) is 0 Å². The summed E-state index contributed by atoms with van der Waals surface area (Å²) in [6.07, 6.45) is 2.93. The summed E-state index contributed by atoms with van der Waals surface area (Å²) in [5.74, 6) is 0.501. The van der Waals surface area contributed by atoms with Crippen LogP contribution in [0.3, 0.4) is 0 Å². The number of carbonyl (C=O) groups is 1. The molecule has 6 nitrogen and oxygen atoms in total. The maximum absolute atomic E-state index is 12.3. The molecule has 0 saturated carbocycles. The van der Waals surface area contributed by atoms with Crippen LogP contribution in [0.5, 0.6) is 0 Å². The van der Waals surface area contributed by atoms with Crippen molar-refractivity contribution in [3.8, 4) is 0 Å². The number of urea groups is 1. The zero-order valence-electron chi connectivity index (χ0n) is 11.6. The standard InChI is InChI=1S/C14H16N4O2S/c1-10-6-18(7-12(20-10)11-3-5-21-8-11)14(19)17-13-2-4-15-9-16-13/h2-5,8-10,12H,6-7H2,1H3,(H,15,16,17,19). The largest absolute Gasteiger partial charge is 0.367 e. The number of anilines is 1. The SMILES string of the molecule is CC1CN(C(=O)Nc2ccncn2)CC(c2ccsc2)O1. The molecule has 2 aromatic rings. The fraction of sp³-hybridized carbons (Fsp3) is 0.357. The third kappa shape index (κ3) is 3.37. The van der Waals surface area contributed by atoms with E-state index in [4.69, 9.17) is 4.74 Å². The molecule has 2 unspecified atom stereocenters. The Kier molecular flexibility index (Phi) is 4.12. The number of nitrogens with zero attached hydrogens (tertiary/aromatic N) is 3. The molecule has 1 N–H and O–H groups in total. The maximum Gasteiger partial charge on any atom is 0.323 e. The number of carbonyl (C=O) groups excluding carboxylic acids is 1. The molecule has 0 bridgehead atoms. The van der Waals surface area contributed by atoms with E-state index in [2.05, 4.69) is 20.7 Å². The molecule has 1 fully saturated rings. The highest BCUT2D eigenvalue weighted by Crippen LogP contribution is 2.27. The van der Waals surface area contributed by atoms with Crippen LogP contribution in [0.15, 0.2) is 35.4 Å². The van der Waals surface area contributed by atoms with E-state index in [-0.39, 0.29) is 18.2 Å². The van der Waals surface area contributed by atoms with Gasteiger partial charge < -0.3 is 9.64 Å². The molecular formula is C14H16N4O2S. The predicted octanol–water partition coefficient (Wildman–Crippen LogP) is 2.53. The zero-order valence-corrected chi connectivity index (χ0v) is 12.4. The van der Waals surface area contributed by atoms with E-state index in [1.165, 1.54) is 6.33 Å². The Morgan fingerprint density at radius 2 is 2.38 bits per heavy atom. The third-order valence-corrected chi connectivity index (χ3v) is 3.98. The second-order valence-electron chi connectivity index (χ2n) is 4.92. The first-order valence-electron chi connectivity index (χ1n) is 6.72. The minimum absolute atomic E-state index is 0.000186. The highest BCUT2D eigenvalue weighted by Gasteiger charge is 2.29.